The van der Waals surface area contributed by atoms with E-state index in [1.54, 1.807) is 12.1 Å². The van der Waals surface area contributed by atoms with Crippen LogP contribution in [0.3, 0.4) is 0 Å². The van der Waals surface area contributed by atoms with E-state index in [-0.39, 0.29) is 17.6 Å². The molecule has 1 aromatic rings. The molecule has 0 aliphatic heterocycles. The van der Waals surface area contributed by atoms with E-state index in [2.05, 4.69) is 25.7 Å². The summed E-state index contributed by atoms with van der Waals surface area (Å²) in [6.45, 7) is 6.38. The van der Waals surface area contributed by atoms with Gasteiger partial charge in [0, 0.05) is 5.92 Å². The van der Waals surface area contributed by atoms with Crippen LogP contribution in [0.1, 0.15) is 69.8 Å². The molecule has 0 amide bonds. The molecule has 2 aliphatic rings. The lowest BCUT2D eigenvalue weighted by Crippen LogP contribution is -2.16. The lowest BCUT2D eigenvalue weighted by molar-refractivity contribution is 0.243. The Balaban J connectivity index is 1.58. The van der Waals surface area contributed by atoms with Crippen molar-refractivity contribution < 1.29 is 13.5 Å². The maximum atomic E-state index is 14.7. The Morgan fingerprint density at radius 2 is 1.81 bits per heavy atom. The molecule has 0 bridgehead atoms. The fraction of sp³-hybridized carbons (Fsp3) is 0.583. The third kappa shape index (κ3) is 5.21. The SMILES string of the molecule is C=CCCC1CCC(c2ccc(OCC3C=CC(C)CC3)c(F)c2F)CC1. The maximum Gasteiger partial charge on any atom is 0.200 e. The number of hydrogen-bond donors (Lipinski definition) is 0. The lowest BCUT2D eigenvalue weighted by atomic mass is 9.77. The summed E-state index contributed by atoms with van der Waals surface area (Å²) in [6.07, 6.45) is 14.7. The van der Waals surface area contributed by atoms with Crippen molar-refractivity contribution in [2.45, 2.75) is 64.2 Å². The van der Waals surface area contributed by atoms with E-state index in [1.807, 2.05) is 6.08 Å². The molecule has 2 atom stereocenters. The maximum absolute atomic E-state index is 14.7. The van der Waals surface area contributed by atoms with Gasteiger partial charge in [-0.05, 0) is 80.8 Å². The van der Waals surface area contributed by atoms with Crippen molar-refractivity contribution in [1.29, 1.82) is 0 Å². The van der Waals surface area contributed by atoms with E-state index in [1.165, 1.54) is 0 Å². The molecule has 1 fully saturated rings. The predicted octanol–water partition coefficient (Wildman–Crippen LogP) is 7.19. The fourth-order valence-electron chi connectivity index (χ4n) is 4.44. The van der Waals surface area contributed by atoms with Crippen LogP contribution in [0.2, 0.25) is 0 Å². The smallest absolute Gasteiger partial charge is 0.200 e. The Kier molecular flexibility index (Phi) is 7.09. The lowest BCUT2D eigenvalue weighted by Gasteiger charge is -2.29. The van der Waals surface area contributed by atoms with Crippen LogP contribution in [0, 0.1) is 29.4 Å². The van der Waals surface area contributed by atoms with Crippen molar-refractivity contribution in [3.05, 3.63) is 54.1 Å². The number of allylic oxidation sites excluding steroid dienone is 2. The summed E-state index contributed by atoms with van der Waals surface area (Å²) in [7, 11) is 0. The molecule has 0 N–H and O–H groups in total. The summed E-state index contributed by atoms with van der Waals surface area (Å²) in [5.74, 6) is 0.209. The zero-order valence-corrected chi connectivity index (χ0v) is 16.4. The van der Waals surface area contributed by atoms with E-state index in [4.69, 9.17) is 4.74 Å². The molecule has 2 aliphatic carbocycles. The van der Waals surface area contributed by atoms with Crippen molar-refractivity contribution in [3.63, 3.8) is 0 Å². The molecule has 0 aromatic heterocycles. The first-order valence-electron chi connectivity index (χ1n) is 10.5. The summed E-state index contributed by atoms with van der Waals surface area (Å²) in [4.78, 5) is 0. The van der Waals surface area contributed by atoms with Crippen molar-refractivity contribution in [2.75, 3.05) is 6.61 Å². The molecule has 27 heavy (non-hydrogen) atoms. The zero-order valence-electron chi connectivity index (χ0n) is 16.4. The summed E-state index contributed by atoms with van der Waals surface area (Å²) < 4.78 is 34.8. The Morgan fingerprint density at radius 1 is 1.04 bits per heavy atom. The number of ether oxygens (including phenoxy) is 1. The first kappa shape index (κ1) is 20.1. The summed E-state index contributed by atoms with van der Waals surface area (Å²) >= 11 is 0. The third-order valence-electron chi connectivity index (χ3n) is 6.30. The van der Waals surface area contributed by atoms with Crippen LogP contribution in [0.15, 0.2) is 36.9 Å². The van der Waals surface area contributed by atoms with Crippen molar-refractivity contribution in [1.82, 2.24) is 0 Å². The first-order chi connectivity index (χ1) is 13.1. The molecule has 1 saturated carbocycles. The van der Waals surface area contributed by atoms with Gasteiger partial charge in [0.1, 0.15) is 0 Å². The Morgan fingerprint density at radius 3 is 2.48 bits per heavy atom. The van der Waals surface area contributed by atoms with Gasteiger partial charge in [-0.3, -0.25) is 0 Å². The highest BCUT2D eigenvalue weighted by atomic mass is 19.2. The molecule has 0 saturated heterocycles. The highest BCUT2D eigenvalue weighted by Gasteiger charge is 2.26. The van der Waals surface area contributed by atoms with Crippen LogP contribution >= 0.6 is 0 Å². The average Bonchev–Trinajstić information content (AvgIpc) is 2.69. The van der Waals surface area contributed by atoms with Crippen molar-refractivity contribution in [2.24, 2.45) is 17.8 Å². The van der Waals surface area contributed by atoms with Crippen molar-refractivity contribution in [3.8, 4) is 5.75 Å². The van der Waals surface area contributed by atoms with Gasteiger partial charge in [0.25, 0.3) is 0 Å². The molecule has 2 unspecified atom stereocenters. The first-order valence-corrected chi connectivity index (χ1v) is 10.5. The molecule has 1 nitrogen and oxygen atoms in total. The second kappa shape index (κ2) is 9.52. The van der Waals surface area contributed by atoms with Crippen LogP contribution in [0.4, 0.5) is 8.78 Å². The number of rotatable bonds is 7. The minimum Gasteiger partial charge on any atom is -0.490 e. The Labute approximate surface area is 162 Å². The van der Waals surface area contributed by atoms with Gasteiger partial charge in [0.15, 0.2) is 11.6 Å². The summed E-state index contributed by atoms with van der Waals surface area (Å²) in [6, 6.07) is 3.36. The van der Waals surface area contributed by atoms with Crippen LogP contribution in [-0.2, 0) is 0 Å². The zero-order chi connectivity index (χ0) is 19.2. The van der Waals surface area contributed by atoms with Gasteiger partial charge in [0.05, 0.1) is 6.61 Å². The largest absolute Gasteiger partial charge is 0.490 e. The number of benzene rings is 1. The fourth-order valence-corrected chi connectivity index (χ4v) is 4.44. The van der Waals surface area contributed by atoms with E-state index in [9.17, 15) is 8.78 Å². The molecule has 0 radical (unpaired) electrons. The minimum atomic E-state index is -0.825. The Bertz CT molecular complexity index is 659. The number of hydrogen-bond acceptors (Lipinski definition) is 1. The number of halogens is 2. The van der Waals surface area contributed by atoms with Gasteiger partial charge in [0.2, 0.25) is 5.82 Å². The van der Waals surface area contributed by atoms with Crippen LogP contribution < -0.4 is 4.74 Å². The van der Waals surface area contributed by atoms with Crippen LogP contribution in [-0.4, -0.2) is 6.61 Å². The topological polar surface area (TPSA) is 9.23 Å². The van der Waals surface area contributed by atoms with Crippen LogP contribution in [0.5, 0.6) is 5.75 Å². The highest BCUT2D eigenvalue weighted by Crippen LogP contribution is 2.40. The van der Waals surface area contributed by atoms with E-state index < -0.39 is 11.6 Å². The van der Waals surface area contributed by atoms with Gasteiger partial charge in [-0.25, -0.2) is 4.39 Å². The van der Waals surface area contributed by atoms with E-state index in [0.717, 1.165) is 51.4 Å². The normalized spacial score (nSPS) is 28.1. The molecule has 3 rings (SSSR count). The molecule has 0 spiro atoms. The van der Waals surface area contributed by atoms with Crippen molar-refractivity contribution >= 4 is 0 Å². The third-order valence-corrected chi connectivity index (χ3v) is 6.30. The van der Waals surface area contributed by atoms with Gasteiger partial charge >= 0.3 is 0 Å². The second-order valence-corrected chi connectivity index (χ2v) is 8.38. The molecular weight excluding hydrogens is 342 g/mol. The van der Waals surface area contributed by atoms with Gasteiger partial charge in [-0.15, -0.1) is 6.58 Å². The van der Waals surface area contributed by atoms with Gasteiger partial charge in [-0.1, -0.05) is 31.2 Å². The second-order valence-electron chi connectivity index (χ2n) is 8.38. The highest BCUT2D eigenvalue weighted by molar-refractivity contribution is 5.33. The quantitative estimate of drug-likeness (QED) is 0.459. The monoisotopic (exact) mass is 374 g/mol. The predicted molar refractivity (Wildman–Crippen MR) is 107 cm³/mol. The molecular formula is C24H32F2O. The standard InChI is InChI=1S/C24H32F2O/c1-3-4-5-18-10-12-20(13-11-18)21-14-15-22(24(26)23(21)25)27-16-19-8-6-17(2)7-9-19/h3,6,8,14-15,17-20H,1,4-5,7,9-13,16H2,2H3. The molecule has 1 aromatic carbocycles. The summed E-state index contributed by atoms with van der Waals surface area (Å²) in [5, 5.41) is 0. The molecule has 0 heterocycles. The Hall–Kier alpha value is -1.64. The minimum absolute atomic E-state index is 0.0444. The van der Waals surface area contributed by atoms with E-state index in [0.29, 0.717) is 24.0 Å². The van der Waals surface area contributed by atoms with Crippen LogP contribution in [0.25, 0.3) is 0 Å². The average molecular weight is 375 g/mol. The van der Waals surface area contributed by atoms with E-state index >= 15 is 0 Å². The molecule has 3 heteroatoms. The van der Waals surface area contributed by atoms with Gasteiger partial charge in [-0.2, -0.15) is 4.39 Å². The van der Waals surface area contributed by atoms with Gasteiger partial charge < -0.3 is 4.74 Å². The summed E-state index contributed by atoms with van der Waals surface area (Å²) in [5.41, 5.74) is 0.522. The molecule has 148 valence electrons.